The number of cyclic esters (lactones) is 1. The van der Waals surface area contributed by atoms with Crippen LogP contribution in [0.1, 0.15) is 17.7 Å². The lowest BCUT2D eigenvalue weighted by molar-refractivity contribution is -0.0498. The number of amides is 1. The highest BCUT2D eigenvalue weighted by atomic mass is 19.3. The molecule has 2 aromatic rings. The molecule has 1 amide bonds. The summed E-state index contributed by atoms with van der Waals surface area (Å²) in [6.07, 6.45) is 2.14. The predicted molar refractivity (Wildman–Crippen MR) is 87.4 cm³/mol. The van der Waals surface area contributed by atoms with Gasteiger partial charge in [-0.15, -0.1) is 0 Å². The number of aromatic nitrogens is 1. The molecule has 7 heteroatoms. The number of rotatable bonds is 5. The highest BCUT2D eigenvalue weighted by Gasteiger charge is 2.20. The van der Waals surface area contributed by atoms with Crippen LogP contribution in [0.15, 0.2) is 36.5 Å². The van der Waals surface area contributed by atoms with Crippen LogP contribution in [-0.2, 0) is 11.3 Å². The second kappa shape index (κ2) is 7.46. The zero-order chi connectivity index (χ0) is 17.8. The predicted octanol–water partition coefficient (Wildman–Crippen LogP) is 4.00. The number of ether oxygens (including phenoxy) is 2. The van der Waals surface area contributed by atoms with E-state index in [0.29, 0.717) is 25.3 Å². The van der Waals surface area contributed by atoms with Crippen LogP contribution in [0.25, 0.3) is 11.1 Å². The molecule has 2 heterocycles. The fourth-order valence-corrected chi connectivity index (χ4v) is 2.70. The minimum absolute atomic E-state index is 0.0919. The van der Waals surface area contributed by atoms with Gasteiger partial charge < -0.3 is 14.4 Å². The highest BCUT2D eigenvalue weighted by molar-refractivity contribution is 5.69. The smallest absolute Gasteiger partial charge is 0.410 e. The summed E-state index contributed by atoms with van der Waals surface area (Å²) in [6, 6.07) is 8.36. The number of hydrogen-bond donors (Lipinski definition) is 0. The molecule has 0 saturated carbocycles. The Morgan fingerprint density at radius 2 is 2.16 bits per heavy atom. The summed E-state index contributed by atoms with van der Waals surface area (Å²) in [4.78, 5) is 17.8. The van der Waals surface area contributed by atoms with Gasteiger partial charge in [0.1, 0.15) is 5.75 Å². The van der Waals surface area contributed by atoms with E-state index in [9.17, 15) is 13.6 Å². The third-order valence-corrected chi connectivity index (χ3v) is 4.00. The van der Waals surface area contributed by atoms with Crippen LogP contribution < -0.4 is 4.74 Å². The first-order valence-electron chi connectivity index (χ1n) is 7.95. The van der Waals surface area contributed by atoms with Gasteiger partial charge in [-0.25, -0.2) is 4.79 Å². The Labute approximate surface area is 144 Å². The summed E-state index contributed by atoms with van der Waals surface area (Å²) in [5, 5.41) is 0. The van der Waals surface area contributed by atoms with Crippen molar-refractivity contribution in [1.82, 2.24) is 9.88 Å². The Morgan fingerprint density at radius 1 is 1.32 bits per heavy atom. The summed E-state index contributed by atoms with van der Waals surface area (Å²) in [7, 11) is 0. The van der Waals surface area contributed by atoms with E-state index < -0.39 is 6.61 Å². The molecule has 1 saturated heterocycles. The zero-order valence-corrected chi connectivity index (χ0v) is 13.7. The molecule has 25 heavy (non-hydrogen) atoms. The van der Waals surface area contributed by atoms with Gasteiger partial charge in [-0.2, -0.15) is 8.78 Å². The minimum atomic E-state index is -2.87. The van der Waals surface area contributed by atoms with E-state index in [4.69, 9.17) is 4.74 Å². The highest BCUT2D eigenvalue weighted by Crippen LogP contribution is 2.26. The first-order valence-corrected chi connectivity index (χ1v) is 7.95. The van der Waals surface area contributed by atoms with Crippen molar-refractivity contribution in [2.24, 2.45) is 0 Å². The van der Waals surface area contributed by atoms with Crippen molar-refractivity contribution in [1.29, 1.82) is 0 Å². The Morgan fingerprint density at radius 3 is 2.92 bits per heavy atom. The first-order chi connectivity index (χ1) is 12.0. The Kier molecular flexibility index (Phi) is 5.11. The van der Waals surface area contributed by atoms with E-state index in [1.165, 1.54) is 12.1 Å². The molecule has 1 fully saturated rings. The fourth-order valence-electron chi connectivity index (χ4n) is 2.70. The number of hydrogen-bond acceptors (Lipinski definition) is 4. The zero-order valence-electron chi connectivity index (χ0n) is 13.7. The summed E-state index contributed by atoms with van der Waals surface area (Å²) in [5.41, 5.74) is 3.18. The SMILES string of the molecule is Cc1ncc(-c2cccc(OC(F)F)c2)cc1CN1CCCOC1=O. The van der Waals surface area contributed by atoms with E-state index >= 15 is 0 Å². The molecule has 0 unspecified atom stereocenters. The van der Waals surface area contributed by atoms with Gasteiger partial charge in [0.05, 0.1) is 13.2 Å². The third kappa shape index (κ3) is 4.23. The van der Waals surface area contributed by atoms with Crippen molar-refractivity contribution in [2.75, 3.05) is 13.2 Å². The van der Waals surface area contributed by atoms with Crippen LogP contribution in [0, 0.1) is 6.92 Å². The number of aryl methyl sites for hydroxylation is 1. The Bertz CT molecular complexity index is 768. The van der Waals surface area contributed by atoms with Crippen LogP contribution in [-0.4, -0.2) is 35.7 Å². The minimum Gasteiger partial charge on any atom is -0.449 e. The second-order valence-corrected chi connectivity index (χ2v) is 5.76. The molecule has 132 valence electrons. The van der Waals surface area contributed by atoms with E-state index in [2.05, 4.69) is 9.72 Å². The molecule has 1 aromatic heterocycles. The molecule has 0 aliphatic carbocycles. The van der Waals surface area contributed by atoms with Gasteiger partial charge in [-0.1, -0.05) is 12.1 Å². The molecule has 1 aromatic carbocycles. The number of halogens is 2. The van der Waals surface area contributed by atoms with Crippen LogP contribution in [0.2, 0.25) is 0 Å². The lowest BCUT2D eigenvalue weighted by Gasteiger charge is -2.26. The summed E-state index contributed by atoms with van der Waals surface area (Å²) in [5.74, 6) is 0.0919. The maximum Gasteiger partial charge on any atom is 0.410 e. The lowest BCUT2D eigenvalue weighted by atomic mass is 10.0. The molecular weight excluding hydrogens is 330 g/mol. The number of carbonyl (C=O) groups is 1. The third-order valence-electron chi connectivity index (χ3n) is 4.00. The number of benzene rings is 1. The largest absolute Gasteiger partial charge is 0.449 e. The summed E-state index contributed by atoms with van der Waals surface area (Å²) >= 11 is 0. The topological polar surface area (TPSA) is 51.7 Å². The normalized spacial score (nSPS) is 14.6. The molecule has 1 aliphatic heterocycles. The van der Waals surface area contributed by atoms with Crippen molar-refractivity contribution in [2.45, 2.75) is 26.5 Å². The van der Waals surface area contributed by atoms with Crippen molar-refractivity contribution in [3.8, 4) is 16.9 Å². The number of pyridine rings is 1. The molecule has 1 aliphatic rings. The average Bonchev–Trinajstić information content (AvgIpc) is 2.58. The first kappa shape index (κ1) is 17.1. The van der Waals surface area contributed by atoms with Gasteiger partial charge in [0, 0.05) is 24.0 Å². The van der Waals surface area contributed by atoms with Crippen molar-refractivity contribution in [3.05, 3.63) is 47.8 Å². The van der Waals surface area contributed by atoms with Crippen LogP contribution in [0.3, 0.4) is 0 Å². The van der Waals surface area contributed by atoms with Gasteiger partial charge in [-0.05, 0) is 42.7 Å². The van der Waals surface area contributed by atoms with Gasteiger partial charge in [0.25, 0.3) is 0 Å². The quantitative estimate of drug-likeness (QED) is 0.819. The molecule has 0 bridgehead atoms. The molecule has 0 spiro atoms. The van der Waals surface area contributed by atoms with Crippen molar-refractivity contribution in [3.63, 3.8) is 0 Å². The van der Waals surface area contributed by atoms with Crippen molar-refractivity contribution >= 4 is 6.09 Å². The number of carbonyl (C=O) groups excluding carboxylic acids is 1. The van der Waals surface area contributed by atoms with Gasteiger partial charge in [0.2, 0.25) is 0 Å². The Hall–Kier alpha value is -2.70. The van der Waals surface area contributed by atoms with E-state index in [1.807, 2.05) is 13.0 Å². The second-order valence-electron chi connectivity index (χ2n) is 5.76. The van der Waals surface area contributed by atoms with Gasteiger partial charge in [-0.3, -0.25) is 4.98 Å². The summed E-state index contributed by atoms with van der Waals surface area (Å²) < 4.78 is 34.3. The maximum atomic E-state index is 12.4. The van der Waals surface area contributed by atoms with Gasteiger partial charge >= 0.3 is 12.7 Å². The van der Waals surface area contributed by atoms with Crippen LogP contribution in [0.5, 0.6) is 5.75 Å². The van der Waals surface area contributed by atoms with E-state index in [-0.39, 0.29) is 11.8 Å². The molecular formula is C18H18F2N2O3. The lowest BCUT2D eigenvalue weighted by Crippen LogP contribution is -2.37. The maximum absolute atomic E-state index is 12.4. The van der Waals surface area contributed by atoms with Crippen LogP contribution >= 0.6 is 0 Å². The van der Waals surface area contributed by atoms with E-state index in [1.54, 1.807) is 23.2 Å². The molecule has 0 atom stereocenters. The van der Waals surface area contributed by atoms with Crippen molar-refractivity contribution < 1.29 is 23.0 Å². The molecule has 0 radical (unpaired) electrons. The van der Waals surface area contributed by atoms with Gasteiger partial charge in [0.15, 0.2) is 0 Å². The monoisotopic (exact) mass is 348 g/mol. The molecule has 3 rings (SSSR count). The van der Waals surface area contributed by atoms with E-state index in [0.717, 1.165) is 23.2 Å². The average molecular weight is 348 g/mol. The fraction of sp³-hybridized carbons (Fsp3) is 0.333. The standard InChI is InChI=1S/C18H18F2N2O3/c1-12-15(11-22-6-3-7-24-18(22)23)8-14(10-21-12)13-4-2-5-16(9-13)25-17(19)20/h2,4-5,8-10,17H,3,6-7,11H2,1H3. The summed E-state index contributed by atoms with van der Waals surface area (Å²) in [6.45, 7) is 0.486. The Balaban J connectivity index is 1.85. The molecule has 0 N–H and O–H groups in total. The number of alkyl halides is 2. The van der Waals surface area contributed by atoms with Crippen LogP contribution in [0.4, 0.5) is 13.6 Å². The number of nitrogens with zero attached hydrogens (tertiary/aromatic N) is 2. The molecule has 5 nitrogen and oxygen atoms in total.